The molecule has 2 aromatic rings. The number of hydrogen-bond donors (Lipinski definition) is 1. The van der Waals surface area contributed by atoms with Gasteiger partial charge in [0.05, 0.1) is 6.04 Å². The van der Waals surface area contributed by atoms with Crippen LogP contribution in [0, 0.1) is 5.92 Å². The van der Waals surface area contributed by atoms with Crippen molar-refractivity contribution in [1.82, 2.24) is 15.1 Å². The quantitative estimate of drug-likeness (QED) is 0.691. The zero-order valence-corrected chi connectivity index (χ0v) is 18.8. The van der Waals surface area contributed by atoms with Crippen LogP contribution in [-0.4, -0.2) is 54.5 Å². The van der Waals surface area contributed by atoms with Gasteiger partial charge in [0, 0.05) is 24.5 Å². The fraction of sp³-hybridized carbons (Fsp3) is 0.478. The fourth-order valence-electron chi connectivity index (χ4n) is 3.74. The first-order valence-corrected chi connectivity index (χ1v) is 11.4. The van der Waals surface area contributed by atoms with Gasteiger partial charge in [-0.05, 0) is 48.4 Å². The van der Waals surface area contributed by atoms with Gasteiger partial charge in [0.15, 0.2) is 0 Å². The lowest BCUT2D eigenvalue weighted by atomic mass is 10.0. The molecule has 6 nitrogen and oxygen atoms in total. The number of hydrogen-bond acceptors (Lipinski definition) is 4. The zero-order chi connectivity index (χ0) is 21.5. The van der Waals surface area contributed by atoms with E-state index in [0.29, 0.717) is 26.2 Å². The van der Waals surface area contributed by atoms with Gasteiger partial charge in [-0.25, -0.2) is 4.79 Å². The topological polar surface area (TPSA) is 61.9 Å². The molecule has 0 aliphatic carbocycles. The summed E-state index contributed by atoms with van der Waals surface area (Å²) >= 11 is 1.73. The van der Waals surface area contributed by atoms with Crippen LogP contribution in [0.3, 0.4) is 0 Å². The predicted octanol–water partition coefficient (Wildman–Crippen LogP) is 3.94. The molecule has 2 heterocycles. The molecule has 7 heteroatoms. The first-order chi connectivity index (χ1) is 14.5. The number of para-hydroxylation sites is 1. The number of rotatable bonds is 8. The molecule has 1 aromatic heterocycles. The highest BCUT2D eigenvalue weighted by Gasteiger charge is 2.33. The Morgan fingerprint density at radius 2 is 2.03 bits per heavy atom. The Hall–Kier alpha value is -2.54. The zero-order valence-electron chi connectivity index (χ0n) is 18.0. The monoisotopic (exact) mass is 429 g/mol. The second-order valence-corrected chi connectivity index (χ2v) is 8.89. The molecule has 1 aromatic carbocycles. The molecule has 0 saturated heterocycles. The van der Waals surface area contributed by atoms with E-state index >= 15 is 0 Å². The van der Waals surface area contributed by atoms with E-state index in [0.717, 1.165) is 17.7 Å². The summed E-state index contributed by atoms with van der Waals surface area (Å²) in [6.45, 7) is 8.16. The summed E-state index contributed by atoms with van der Waals surface area (Å²) in [5.41, 5.74) is 1.16. The van der Waals surface area contributed by atoms with Gasteiger partial charge in [0.25, 0.3) is 0 Å². The maximum Gasteiger partial charge on any atom is 0.317 e. The predicted molar refractivity (Wildman–Crippen MR) is 120 cm³/mol. The summed E-state index contributed by atoms with van der Waals surface area (Å²) in [5.74, 6) is 1.03. The van der Waals surface area contributed by atoms with Gasteiger partial charge in [-0.2, -0.15) is 0 Å². The van der Waals surface area contributed by atoms with Gasteiger partial charge >= 0.3 is 6.03 Å². The lowest BCUT2D eigenvalue weighted by Crippen LogP contribution is -2.50. The number of carbonyl (C=O) groups excluding carboxylic acids is 2. The molecule has 1 N–H and O–H groups in total. The van der Waals surface area contributed by atoms with Crippen LogP contribution >= 0.6 is 11.3 Å². The first-order valence-electron chi connectivity index (χ1n) is 10.6. The fourth-order valence-corrected chi connectivity index (χ4v) is 4.67. The third-order valence-electron chi connectivity index (χ3n) is 5.09. The average molecular weight is 430 g/mol. The molecule has 1 aliphatic heterocycles. The van der Waals surface area contributed by atoms with Crippen molar-refractivity contribution in [1.29, 1.82) is 0 Å². The van der Waals surface area contributed by atoms with E-state index in [1.165, 1.54) is 4.88 Å². The Kier molecular flexibility index (Phi) is 7.74. The second kappa shape index (κ2) is 10.5. The summed E-state index contributed by atoms with van der Waals surface area (Å²) in [6, 6.07) is 11.4. The molecule has 0 bridgehead atoms. The van der Waals surface area contributed by atoms with E-state index in [1.807, 2.05) is 56.0 Å². The molecule has 1 aliphatic rings. The Labute approximate surface area is 182 Å². The third-order valence-corrected chi connectivity index (χ3v) is 6.09. The van der Waals surface area contributed by atoms with Crippen LogP contribution < -0.4 is 10.1 Å². The highest BCUT2D eigenvalue weighted by Crippen LogP contribution is 2.34. The number of carbonyl (C=O) groups is 2. The highest BCUT2D eigenvalue weighted by molar-refractivity contribution is 7.10. The van der Waals surface area contributed by atoms with Crippen LogP contribution in [0.1, 0.15) is 37.3 Å². The summed E-state index contributed by atoms with van der Waals surface area (Å²) in [4.78, 5) is 30.6. The van der Waals surface area contributed by atoms with Crippen LogP contribution in [0.15, 0.2) is 41.8 Å². The number of amides is 3. The molecule has 3 rings (SSSR count). The molecular weight excluding hydrogens is 398 g/mol. The van der Waals surface area contributed by atoms with E-state index in [1.54, 1.807) is 16.2 Å². The number of benzene rings is 1. The molecule has 30 heavy (non-hydrogen) atoms. The van der Waals surface area contributed by atoms with Crippen molar-refractivity contribution in [2.45, 2.75) is 33.2 Å². The van der Waals surface area contributed by atoms with Crippen molar-refractivity contribution >= 4 is 23.3 Å². The van der Waals surface area contributed by atoms with Gasteiger partial charge < -0.3 is 19.9 Å². The van der Waals surface area contributed by atoms with E-state index in [2.05, 4.69) is 16.8 Å². The minimum atomic E-state index is -0.190. The van der Waals surface area contributed by atoms with Crippen LogP contribution in [0.2, 0.25) is 0 Å². The first kappa shape index (κ1) is 22.2. The summed E-state index contributed by atoms with van der Waals surface area (Å²) < 4.78 is 6.03. The number of urea groups is 1. The Morgan fingerprint density at radius 1 is 1.27 bits per heavy atom. The van der Waals surface area contributed by atoms with Crippen molar-refractivity contribution in [2.24, 2.45) is 5.92 Å². The van der Waals surface area contributed by atoms with Crippen LogP contribution in [0.5, 0.6) is 5.75 Å². The lowest BCUT2D eigenvalue weighted by Gasteiger charge is -2.37. The minimum absolute atomic E-state index is 0.0413. The molecule has 0 fully saturated rings. The van der Waals surface area contributed by atoms with Crippen molar-refractivity contribution in [3.05, 3.63) is 52.2 Å². The summed E-state index contributed by atoms with van der Waals surface area (Å²) in [6.07, 6.45) is 0.839. The molecule has 3 amide bonds. The number of thiophene rings is 1. The van der Waals surface area contributed by atoms with Crippen LogP contribution in [0.4, 0.5) is 4.79 Å². The molecule has 162 valence electrons. The van der Waals surface area contributed by atoms with Crippen LogP contribution in [0.25, 0.3) is 0 Å². The maximum atomic E-state index is 13.3. The Balaban J connectivity index is 1.75. The number of fused-ring (bicyclic) bond motifs is 1. The Morgan fingerprint density at radius 3 is 2.73 bits per heavy atom. The minimum Gasteiger partial charge on any atom is -0.491 e. The van der Waals surface area contributed by atoms with E-state index in [9.17, 15) is 9.59 Å². The van der Waals surface area contributed by atoms with Gasteiger partial charge in [-0.3, -0.25) is 4.79 Å². The average Bonchev–Trinajstić information content (AvgIpc) is 3.21. The molecule has 0 unspecified atom stereocenters. The van der Waals surface area contributed by atoms with Crippen molar-refractivity contribution in [3.63, 3.8) is 0 Å². The highest BCUT2D eigenvalue weighted by atomic mass is 32.1. The van der Waals surface area contributed by atoms with E-state index < -0.39 is 0 Å². The second-order valence-electron chi connectivity index (χ2n) is 7.89. The standard InChI is InChI=1S/C23H31N3O3S/c1-4-24-23(28)25(14-17(2)3)15-22(27)26-12-10-21-19(11-13-30-21)20(26)16-29-18-8-6-5-7-9-18/h5-9,11,13,17,20H,4,10,12,14-16H2,1-3H3,(H,24,28)/t20-/m1/s1. The number of nitrogens with one attached hydrogen (secondary N) is 1. The normalized spacial score (nSPS) is 15.6. The van der Waals surface area contributed by atoms with Crippen molar-refractivity contribution < 1.29 is 14.3 Å². The largest absolute Gasteiger partial charge is 0.491 e. The number of ether oxygens (including phenoxy) is 1. The molecular formula is C23H31N3O3S. The van der Waals surface area contributed by atoms with Crippen LogP contribution in [-0.2, 0) is 11.2 Å². The van der Waals surface area contributed by atoms with Gasteiger partial charge in [0.1, 0.15) is 18.9 Å². The smallest absolute Gasteiger partial charge is 0.317 e. The summed E-state index contributed by atoms with van der Waals surface area (Å²) in [5, 5.41) is 4.90. The molecule has 0 radical (unpaired) electrons. The summed E-state index contributed by atoms with van der Waals surface area (Å²) in [7, 11) is 0. The van der Waals surface area contributed by atoms with Gasteiger partial charge in [-0.15, -0.1) is 11.3 Å². The third kappa shape index (κ3) is 5.53. The van der Waals surface area contributed by atoms with Gasteiger partial charge in [-0.1, -0.05) is 32.0 Å². The molecule has 0 spiro atoms. The maximum absolute atomic E-state index is 13.3. The SMILES string of the molecule is CCNC(=O)N(CC(=O)N1CCc2sccc2[C@H]1COc1ccccc1)CC(C)C. The molecule has 0 saturated carbocycles. The van der Waals surface area contributed by atoms with E-state index in [4.69, 9.17) is 4.74 Å². The lowest BCUT2D eigenvalue weighted by molar-refractivity contribution is -0.135. The Bertz CT molecular complexity index is 837. The van der Waals surface area contributed by atoms with E-state index in [-0.39, 0.29) is 30.4 Å². The van der Waals surface area contributed by atoms with Crippen molar-refractivity contribution in [3.8, 4) is 5.75 Å². The van der Waals surface area contributed by atoms with Gasteiger partial charge in [0.2, 0.25) is 5.91 Å². The number of nitrogens with zero attached hydrogens (tertiary/aromatic N) is 2. The van der Waals surface area contributed by atoms with Crippen molar-refractivity contribution in [2.75, 3.05) is 32.8 Å². The molecule has 1 atom stereocenters.